The van der Waals surface area contributed by atoms with E-state index < -0.39 is 17.4 Å². The summed E-state index contributed by atoms with van der Waals surface area (Å²) in [7, 11) is 1.76. The maximum absolute atomic E-state index is 13.5. The van der Waals surface area contributed by atoms with Crippen LogP contribution in [0.3, 0.4) is 0 Å². The number of hydrogen-bond acceptors (Lipinski definition) is 4. The quantitative estimate of drug-likeness (QED) is 0.715. The molecule has 2 aromatic rings. The number of carbonyl (C=O) groups is 2. The number of amides is 2. The van der Waals surface area contributed by atoms with Gasteiger partial charge >= 0.3 is 0 Å². The number of anilines is 1. The molecule has 156 valence electrons. The molecule has 2 fully saturated rings. The lowest BCUT2D eigenvalue weighted by Crippen LogP contribution is -2.44. The zero-order valence-electron chi connectivity index (χ0n) is 17.4. The Morgan fingerprint density at radius 2 is 2.03 bits per heavy atom. The highest BCUT2D eigenvalue weighted by Crippen LogP contribution is 2.53. The summed E-state index contributed by atoms with van der Waals surface area (Å²) >= 11 is 0. The van der Waals surface area contributed by atoms with Gasteiger partial charge in [-0.3, -0.25) is 9.59 Å². The number of benzene rings is 1. The Morgan fingerprint density at radius 3 is 2.70 bits per heavy atom. The normalized spacial score (nSPS) is 29.1. The van der Waals surface area contributed by atoms with Gasteiger partial charge in [-0.2, -0.15) is 0 Å². The summed E-state index contributed by atoms with van der Waals surface area (Å²) in [5.41, 5.74) is 2.29. The largest absolute Gasteiger partial charge is 0.472 e. The maximum Gasteiger partial charge on any atom is 0.234 e. The van der Waals surface area contributed by atoms with Crippen LogP contribution in [0.4, 0.5) is 5.69 Å². The van der Waals surface area contributed by atoms with Gasteiger partial charge in [-0.1, -0.05) is 38.1 Å². The molecule has 5 rings (SSSR count). The summed E-state index contributed by atoms with van der Waals surface area (Å²) in [4.78, 5) is 30.2. The zero-order chi connectivity index (χ0) is 21.0. The Hall–Kier alpha value is -2.86. The van der Waals surface area contributed by atoms with E-state index in [-0.39, 0.29) is 17.9 Å². The van der Waals surface area contributed by atoms with E-state index in [0.29, 0.717) is 19.0 Å². The molecule has 0 radical (unpaired) electrons. The fourth-order valence-corrected chi connectivity index (χ4v) is 5.03. The molecule has 4 atom stereocenters. The van der Waals surface area contributed by atoms with E-state index in [4.69, 9.17) is 9.15 Å². The van der Waals surface area contributed by atoms with Crippen molar-refractivity contribution in [2.75, 3.05) is 18.5 Å². The molecule has 3 aliphatic heterocycles. The molecule has 6 heteroatoms. The first-order valence-corrected chi connectivity index (χ1v) is 10.4. The summed E-state index contributed by atoms with van der Waals surface area (Å²) in [6.07, 6.45) is 6.82. The second kappa shape index (κ2) is 6.84. The van der Waals surface area contributed by atoms with Crippen molar-refractivity contribution in [3.05, 3.63) is 66.1 Å². The summed E-state index contributed by atoms with van der Waals surface area (Å²) in [6.45, 7) is 5.18. The van der Waals surface area contributed by atoms with E-state index in [1.807, 2.05) is 30.4 Å². The van der Waals surface area contributed by atoms with Gasteiger partial charge < -0.3 is 19.0 Å². The zero-order valence-corrected chi connectivity index (χ0v) is 17.4. The predicted octanol–water partition coefficient (Wildman–Crippen LogP) is 3.35. The van der Waals surface area contributed by atoms with Crippen LogP contribution in [0.2, 0.25) is 0 Å². The lowest BCUT2D eigenvalue weighted by Gasteiger charge is -2.27. The standard InChI is InChI=1S/C24H26N2O4/c1-15(2)17-4-6-18(7-5-17)26-14-24-10-8-19(30-24)20(21(24)23(26)28)22(27)25(3)12-16-9-11-29-13-16/h4-11,13,15,19-21H,12,14H2,1-3H3/t19-,20+,21-,24-/m0/s1. The smallest absolute Gasteiger partial charge is 0.234 e. The molecule has 0 unspecified atom stereocenters. The molecule has 1 aromatic heterocycles. The maximum atomic E-state index is 13.5. The Labute approximate surface area is 176 Å². The van der Waals surface area contributed by atoms with Crippen LogP contribution in [0.5, 0.6) is 0 Å². The Bertz CT molecular complexity index is 995. The number of fused-ring (bicyclic) bond motifs is 1. The van der Waals surface area contributed by atoms with Crippen LogP contribution in [0.25, 0.3) is 0 Å². The summed E-state index contributed by atoms with van der Waals surface area (Å²) in [5, 5.41) is 0. The van der Waals surface area contributed by atoms with Gasteiger partial charge in [0.05, 0.1) is 37.0 Å². The van der Waals surface area contributed by atoms with Gasteiger partial charge in [-0.25, -0.2) is 0 Å². The number of rotatable bonds is 5. The van der Waals surface area contributed by atoms with Crippen LogP contribution in [-0.4, -0.2) is 42.0 Å². The molecule has 0 aliphatic carbocycles. The van der Waals surface area contributed by atoms with Crippen molar-refractivity contribution in [2.45, 2.75) is 38.0 Å². The van der Waals surface area contributed by atoms with E-state index in [9.17, 15) is 9.59 Å². The van der Waals surface area contributed by atoms with Crippen LogP contribution in [0.15, 0.2) is 59.4 Å². The number of ether oxygens (including phenoxy) is 1. The third-order valence-electron chi connectivity index (χ3n) is 6.63. The highest BCUT2D eigenvalue weighted by Gasteiger charge is 2.67. The van der Waals surface area contributed by atoms with Gasteiger partial charge in [-0.05, 0) is 29.7 Å². The molecule has 4 heterocycles. The monoisotopic (exact) mass is 406 g/mol. The number of hydrogen-bond donors (Lipinski definition) is 0. The summed E-state index contributed by atoms with van der Waals surface area (Å²) < 4.78 is 11.4. The average molecular weight is 406 g/mol. The van der Waals surface area contributed by atoms with Crippen LogP contribution in [0.1, 0.15) is 30.9 Å². The minimum atomic E-state index is -0.713. The van der Waals surface area contributed by atoms with Gasteiger partial charge in [0.1, 0.15) is 5.60 Å². The van der Waals surface area contributed by atoms with Gasteiger partial charge in [-0.15, -0.1) is 0 Å². The predicted molar refractivity (Wildman–Crippen MR) is 112 cm³/mol. The summed E-state index contributed by atoms with van der Waals surface area (Å²) in [6, 6.07) is 9.95. The molecule has 2 bridgehead atoms. The molecule has 6 nitrogen and oxygen atoms in total. The van der Waals surface area contributed by atoms with E-state index in [1.165, 1.54) is 5.56 Å². The van der Waals surface area contributed by atoms with Gasteiger partial charge in [0.2, 0.25) is 11.8 Å². The molecule has 2 saturated heterocycles. The highest BCUT2D eigenvalue weighted by atomic mass is 16.5. The van der Waals surface area contributed by atoms with E-state index in [2.05, 4.69) is 26.0 Å². The van der Waals surface area contributed by atoms with Crippen molar-refractivity contribution in [2.24, 2.45) is 11.8 Å². The van der Waals surface area contributed by atoms with Crippen molar-refractivity contribution in [3.8, 4) is 0 Å². The topological polar surface area (TPSA) is 63.0 Å². The molecule has 1 spiro atoms. The van der Waals surface area contributed by atoms with Crippen molar-refractivity contribution < 1.29 is 18.7 Å². The lowest BCUT2D eigenvalue weighted by molar-refractivity contribution is -0.139. The third-order valence-corrected chi connectivity index (χ3v) is 6.63. The summed E-state index contributed by atoms with van der Waals surface area (Å²) in [5.74, 6) is -0.658. The fraction of sp³-hybridized carbons (Fsp3) is 0.417. The Kier molecular flexibility index (Phi) is 4.36. The molecule has 1 aromatic carbocycles. The van der Waals surface area contributed by atoms with Crippen molar-refractivity contribution in [3.63, 3.8) is 0 Å². The molecular formula is C24H26N2O4. The van der Waals surface area contributed by atoms with Crippen molar-refractivity contribution in [1.29, 1.82) is 0 Å². The van der Waals surface area contributed by atoms with E-state index in [0.717, 1.165) is 11.3 Å². The average Bonchev–Trinajstić information content (AvgIpc) is 3.50. The van der Waals surface area contributed by atoms with Crippen molar-refractivity contribution >= 4 is 17.5 Å². The fourth-order valence-electron chi connectivity index (χ4n) is 5.03. The lowest BCUT2D eigenvalue weighted by atomic mass is 9.76. The van der Waals surface area contributed by atoms with Crippen LogP contribution in [-0.2, 0) is 20.9 Å². The van der Waals surface area contributed by atoms with Crippen molar-refractivity contribution in [1.82, 2.24) is 4.90 Å². The van der Waals surface area contributed by atoms with Gasteiger partial charge in [0.15, 0.2) is 0 Å². The first-order chi connectivity index (χ1) is 14.4. The Balaban J connectivity index is 1.40. The highest BCUT2D eigenvalue weighted by molar-refractivity contribution is 6.03. The SMILES string of the molecule is CC(C)c1ccc(N2C[C@]34C=C[C@H](O3)[C@@H](C(=O)N(C)Cc3ccoc3)[C@H]4C2=O)cc1. The second-order valence-electron chi connectivity index (χ2n) is 8.90. The molecule has 2 amide bonds. The second-order valence-corrected chi connectivity index (χ2v) is 8.90. The number of nitrogens with zero attached hydrogens (tertiary/aromatic N) is 2. The first-order valence-electron chi connectivity index (χ1n) is 10.4. The van der Waals surface area contributed by atoms with Gasteiger partial charge in [0, 0.05) is 24.8 Å². The molecule has 30 heavy (non-hydrogen) atoms. The third kappa shape index (κ3) is 2.82. The molecular weight excluding hydrogens is 380 g/mol. The molecule has 0 N–H and O–H groups in total. The molecule has 0 saturated carbocycles. The number of furan rings is 1. The number of carbonyl (C=O) groups excluding carboxylic acids is 2. The van der Waals surface area contributed by atoms with E-state index >= 15 is 0 Å². The molecule has 3 aliphatic rings. The minimum absolute atomic E-state index is 0.0331. The van der Waals surface area contributed by atoms with Gasteiger partial charge in [0.25, 0.3) is 0 Å². The Morgan fingerprint density at radius 1 is 1.27 bits per heavy atom. The van der Waals surface area contributed by atoms with E-state index in [1.54, 1.807) is 29.4 Å². The van der Waals surface area contributed by atoms with Crippen LogP contribution < -0.4 is 4.90 Å². The van der Waals surface area contributed by atoms with Crippen LogP contribution in [0, 0.1) is 11.8 Å². The van der Waals surface area contributed by atoms with Crippen LogP contribution >= 0.6 is 0 Å². The first kappa shape index (κ1) is 19.1. The minimum Gasteiger partial charge on any atom is -0.472 e.